The van der Waals surface area contributed by atoms with Crippen molar-refractivity contribution in [3.8, 4) is 0 Å². The Balaban J connectivity index is 1.91. The molecule has 0 atom stereocenters. The number of sulfonamides is 1. The predicted molar refractivity (Wildman–Crippen MR) is 82.7 cm³/mol. The number of imidazole rings is 1. The first-order chi connectivity index (χ1) is 10.1. The van der Waals surface area contributed by atoms with Crippen LogP contribution in [0.25, 0.3) is 11.0 Å². The molecular formula is C15H15N3O2S. The monoisotopic (exact) mass is 301 g/mol. The van der Waals surface area contributed by atoms with E-state index in [2.05, 4.69) is 21.6 Å². The number of hydrogen-bond acceptors (Lipinski definition) is 3. The molecule has 21 heavy (non-hydrogen) atoms. The summed E-state index contributed by atoms with van der Waals surface area (Å²) in [5, 5.41) is 0. The van der Waals surface area contributed by atoms with Gasteiger partial charge in [-0.15, -0.1) is 0 Å². The Labute approximate surface area is 123 Å². The number of aryl methyl sites for hydroxylation is 1. The van der Waals surface area contributed by atoms with E-state index >= 15 is 0 Å². The molecule has 1 heterocycles. The number of H-pyrrole nitrogens is 1. The van der Waals surface area contributed by atoms with Crippen molar-refractivity contribution in [2.24, 2.45) is 0 Å². The van der Waals surface area contributed by atoms with Gasteiger partial charge in [-0.25, -0.2) is 13.4 Å². The Morgan fingerprint density at radius 2 is 1.90 bits per heavy atom. The topological polar surface area (TPSA) is 74.8 Å². The smallest absolute Gasteiger partial charge is 0.261 e. The number of aromatic nitrogens is 2. The molecule has 0 aliphatic heterocycles. The summed E-state index contributed by atoms with van der Waals surface area (Å²) in [5.41, 5.74) is 3.15. The molecule has 6 heteroatoms. The fourth-order valence-corrected chi connectivity index (χ4v) is 3.19. The highest BCUT2D eigenvalue weighted by molar-refractivity contribution is 7.92. The fourth-order valence-electron chi connectivity index (χ4n) is 2.10. The highest BCUT2D eigenvalue weighted by Crippen LogP contribution is 2.20. The van der Waals surface area contributed by atoms with Gasteiger partial charge in [-0.2, -0.15) is 0 Å². The minimum absolute atomic E-state index is 0.207. The quantitative estimate of drug-likeness (QED) is 0.778. The van der Waals surface area contributed by atoms with Crippen LogP contribution in [-0.4, -0.2) is 18.4 Å². The molecular weight excluding hydrogens is 286 g/mol. The largest absolute Gasteiger partial charge is 0.345 e. The molecule has 108 valence electrons. The van der Waals surface area contributed by atoms with Crippen LogP contribution in [0.1, 0.15) is 12.5 Å². The lowest BCUT2D eigenvalue weighted by atomic mass is 10.2. The number of aromatic amines is 1. The molecule has 1 aromatic heterocycles. The van der Waals surface area contributed by atoms with Gasteiger partial charge in [0.2, 0.25) is 0 Å². The molecule has 2 aromatic carbocycles. The fraction of sp³-hybridized carbons (Fsp3) is 0.133. The molecule has 0 aliphatic rings. The van der Waals surface area contributed by atoms with Gasteiger partial charge in [0.1, 0.15) is 0 Å². The number of hydrogen-bond donors (Lipinski definition) is 2. The number of nitrogens with one attached hydrogen (secondary N) is 2. The molecule has 3 aromatic rings. The molecule has 0 fully saturated rings. The molecule has 0 saturated heterocycles. The van der Waals surface area contributed by atoms with Crippen molar-refractivity contribution < 1.29 is 8.42 Å². The average Bonchev–Trinajstić information content (AvgIpc) is 2.95. The maximum Gasteiger partial charge on any atom is 0.261 e. The number of fused-ring (bicyclic) bond motifs is 1. The van der Waals surface area contributed by atoms with E-state index < -0.39 is 10.0 Å². The zero-order valence-corrected chi connectivity index (χ0v) is 12.3. The molecule has 0 aliphatic carbocycles. The summed E-state index contributed by atoms with van der Waals surface area (Å²) in [4.78, 5) is 7.19. The summed E-state index contributed by atoms with van der Waals surface area (Å²) in [6.07, 6.45) is 2.46. The van der Waals surface area contributed by atoms with Gasteiger partial charge in [0, 0.05) is 5.69 Å². The van der Waals surface area contributed by atoms with Crippen LogP contribution in [-0.2, 0) is 16.4 Å². The van der Waals surface area contributed by atoms with Gasteiger partial charge < -0.3 is 4.98 Å². The summed E-state index contributed by atoms with van der Waals surface area (Å²) in [5.74, 6) is 0. The molecule has 0 saturated carbocycles. The number of benzene rings is 2. The lowest BCUT2D eigenvalue weighted by molar-refractivity contribution is 0.601. The normalized spacial score (nSPS) is 11.7. The SMILES string of the molecule is CCc1ccc(NS(=O)(=O)c2ccc3nc[nH]c3c2)cc1. The summed E-state index contributed by atoms with van der Waals surface area (Å²) in [6, 6.07) is 12.2. The molecule has 0 radical (unpaired) electrons. The molecule has 0 bridgehead atoms. The third-order valence-corrected chi connectivity index (χ3v) is 4.70. The van der Waals surface area contributed by atoms with Crippen LogP contribution in [0.2, 0.25) is 0 Å². The second kappa shape index (κ2) is 5.21. The van der Waals surface area contributed by atoms with Crippen LogP contribution in [0.5, 0.6) is 0 Å². The highest BCUT2D eigenvalue weighted by Gasteiger charge is 2.15. The van der Waals surface area contributed by atoms with Crippen LogP contribution >= 0.6 is 0 Å². The van der Waals surface area contributed by atoms with Crippen molar-refractivity contribution in [3.63, 3.8) is 0 Å². The van der Waals surface area contributed by atoms with Gasteiger partial charge in [-0.05, 0) is 42.3 Å². The van der Waals surface area contributed by atoms with Crippen molar-refractivity contribution in [2.45, 2.75) is 18.2 Å². The van der Waals surface area contributed by atoms with Crippen LogP contribution in [0.15, 0.2) is 53.7 Å². The summed E-state index contributed by atoms with van der Waals surface area (Å²) < 4.78 is 27.3. The third kappa shape index (κ3) is 2.75. The molecule has 5 nitrogen and oxygen atoms in total. The highest BCUT2D eigenvalue weighted by atomic mass is 32.2. The van der Waals surface area contributed by atoms with Crippen LogP contribution < -0.4 is 4.72 Å². The number of nitrogens with zero attached hydrogens (tertiary/aromatic N) is 1. The van der Waals surface area contributed by atoms with E-state index in [1.54, 1.807) is 30.3 Å². The molecule has 0 amide bonds. The van der Waals surface area contributed by atoms with Crippen molar-refractivity contribution in [3.05, 3.63) is 54.4 Å². The van der Waals surface area contributed by atoms with E-state index in [9.17, 15) is 8.42 Å². The maximum absolute atomic E-state index is 12.4. The zero-order chi connectivity index (χ0) is 14.9. The predicted octanol–water partition coefficient (Wildman–Crippen LogP) is 2.93. The van der Waals surface area contributed by atoms with Gasteiger partial charge in [-0.3, -0.25) is 4.72 Å². The lowest BCUT2D eigenvalue weighted by Gasteiger charge is -2.08. The summed E-state index contributed by atoms with van der Waals surface area (Å²) >= 11 is 0. The van der Waals surface area contributed by atoms with Gasteiger partial charge in [0.05, 0.1) is 22.3 Å². The first kappa shape index (κ1) is 13.6. The van der Waals surface area contributed by atoms with E-state index in [0.29, 0.717) is 11.2 Å². The van der Waals surface area contributed by atoms with E-state index in [1.165, 1.54) is 6.33 Å². The Morgan fingerprint density at radius 1 is 1.14 bits per heavy atom. The first-order valence-electron chi connectivity index (χ1n) is 6.63. The zero-order valence-electron chi connectivity index (χ0n) is 11.5. The second-order valence-corrected chi connectivity index (χ2v) is 6.42. The number of rotatable bonds is 4. The van der Waals surface area contributed by atoms with Gasteiger partial charge >= 0.3 is 0 Å². The number of anilines is 1. The molecule has 2 N–H and O–H groups in total. The summed E-state index contributed by atoms with van der Waals surface area (Å²) in [6.45, 7) is 2.05. The van der Waals surface area contributed by atoms with Crippen molar-refractivity contribution >= 4 is 26.7 Å². The van der Waals surface area contributed by atoms with E-state index in [0.717, 1.165) is 17.5 Å². The van der Waals surface area contributed by atoms with E-state index in [-0.39, 0.29) is 4.90 Å². The molecule has 0 spiro atoms. The Kier molecular flexibility index (Phi) is 3.39. The standard InChI is InChI=1S/C15H15N3O2S/c1-2-11-3-5-12(6-4-11)18-21(19,20)13-7-8-14-15(9-13)17-10-16-14/h3-10,18H,2H2,1H3,(H,16,17). The minimum atomic E-state index is -3.60. The van der Waals surface area contributed by atoms with Crippen molar-refractivity contribution in [2.75, 3.05) is 4.72 Å². The van der Waals surface area contributed by atoms with Crippen molar-refractivity contribution in [1.82, 2.24) is 9.97 Å². The van der Waals surface area contributed by atoms with Crippen LogP contribution in [0.4, 0.5) is 5.69 Å². The van der Waals surface area contributed by atoms with Crippen LogP contribution in [0, 0.1) is 0 Å². The Morgan fingerprint density at radius 3 is 2.62 bits per heavy atom. The third-order valence-electron chi connectivity index (χ3n) is 3.32. The lowest BCUT2D eigenvalue weighted by Crippen LogP contribution is -2.12. The first-order valence-corrected chi connectivity index (χ1v) is 8.12. The Hall–Kier alpha value is -2.34. The van der Waals surface area contributed by atoms with E-state index in [1.807, 2.05) is 12.1 Å². The van der Waals surface area contributed by atoms with Crippen molar-refractivity contribution in [1.29, 1.82) is 0 Å². The van der Waals surface area contributed by atoms with Gasteiger partial charge in [0.25, 0.3) is 10.0 Å². The summed E-state index contributed by atoms with van der Waals surface area (Å²) in [7, 11) is -3.60. The minimum Gasteiger partial charge on any atom is -0.345 e. The van der Waals surface area contributed by atoms with Gasteiger partial charge in [0.15, 0.2) is 0 Å². The maximum atomic E-state index is 12.4. The van der Waals surface area contributed by atoms with Gasteiger partial charge in [-0.1, -0.05) is 19.1 Å². The molecule has 0 unspecified atom stereocenters. The Bertz CT molecular complexity index is 867. The second-order valence-electron chi connectivity index (χ2n) is 4.74. The molecule has 3 rings (SSSR count). The average molecular weight is 301 g/mol. The van der Waals surface area contributed by atoms with Crippen LogP contribution in [0.3, 0.4) is 0 Å². The van der Waals surface area contributed by atoms with E-state index in [4.69, 9.17) is 0 Å².